The number of carboxylic acids is 1. The lowest BCUT2D eigenvalue weighted by molar-refractivity contribution is -0.136. The second-order valence-corrected chi connectivity index (χ2v) is 4.48. The quantitative estimate of drug-likeness (QED) is 0.871. The second-order valence-electron chi connectivity index (χ2n) is 4.48. The Bertz CT molecular complexity index is 397. The number of para-hydroxylation sites is 1. The van der Waals surface area contributed by atoms with Gasteiger partial charge in [0, 0.05) is 12.2 Å². The van der Waals surface area contributed by atoms with Crippen molar-refractivity contribution >= 4 is 5.97 Å². The van der Waals surface area contributed by atoms with Crippen LogP contribution in [0, 0.1) is 0 Å². The lowest BCUT2D eigenvalue weighted by Gasteiger charge is -2.23. The van der Waals surface area contributed by atoms with E-state index in [9.17, 15) is 4.79 Å². The van der Waals surface area contributed by atoms with Crippen LogP contribution in [-0.4, -0.2) is 30.4 Å². The molecule has 0 amide bonds. The zero-order chi connectivity index (χ0) is 12.8. The van der Waals surface area contributed by atoms with Crippen LogP contribution >= 0.6 is 0 Å². The first-order chi connectivity index (χ1) is 8.75. The molecule has 98 valence electrons. The lowest BCUT2D eigenvalue weighted by atomic mass is 10.1. The summed E-state index contributed by atoms with van der Waals surface area (Å²) >= 11 is 0. The van der Waals surface area contributed by atoms with Gasteiger partial charge in [0.25, 0.3) is 0 Å². The summed E-state index contributed by atoms with van der Waals surface area (Å²) in [7, 11) is 0. The minimum Gasteiger partial charge on any atom is -0.491 e. The van der Waals surface area contributed by atoms with Gasteiger partial charge in [-0.1, -0.05) is 18.2 Å². The van der Waals surface area contributed by atoms with E-state index in [0.29, 0.717) is 17.9 Å². The first-order valence-corrected chi connectivity index (χ1v) is 6.30. The van der Waals surface area contributed by atoms with Gasteiger partial charge in [0.05, 0.1) is 12.5 Å². The summed E-state index contributed by atoms with van der Waals surface area (Å²) in [5, 5.41) is 8.83. The first kappa shape index (κ1) is 12.9. The topological polar surface area (TPSA) is 55.8 Å². The summed E-state index contributed by atoms with van der Waals surface area (Å²) in [5.41, 5.74) is 0.709. The average molecular weight is 250 g/mol. The van der Waals surface area contributed by atoms with Crippen LogP contribution < -0.4 is 4.74 Å². The summed E-state index contributed by atoms with van der Waals surface area (Å²) in [6, 6.07) is 7.26. The Morgan fingerprint density at radius 2 is 2.22 bits per heavy atom. The normalized spacial score (nSPS) is 19.4. The Balaban J connectivity index is 1.93. The van der Waals surface area contributed by atoms with Crippen molar-refractivity contribution in [2.24, 2.45) is 0 Å². The maximum atomic E-state index is 10.7. The van der Waals surface area contributed by atoms with Crippen molar-refractivity contribution < 1.29 is 19.4 Å². The molecule has 1 N–H and O–H groups in total. The summed E-state index contributed by atoms with van der Waals surface area (Å²) in [5.74, 6) is -0.200. The maximum absolute atomic E-state index is 10.7. The third kappa shape index (κ3) is 3.74. The highest BCUT2D eigenvalue weighted by Crippen LogP contribution is 2.20. The Labute approximate surface area is 107 Å². The monoisotopic (exact) mass is 250 g/mol. The predicted octanol–water partition coefficient (Wildman–Crippen LogP) is 2.26. The van der Waals surface area contributed by atoms with E-state index in [1.54, 1.807) is 12.1 Å². The van der Waals surface area contributed by atoms with E-state index in [1.165, 1.54) is 6.42 Å². The molecule has 1 aromatic carbocycles. The molecule has 4 heteroatoms. The number of hydrogen-bond acceptors (Lipinski definition) is 3. The molecule has 1 aliphatic heterocycles. The fourth-order valence-corrected chi connectivity index (χ4v) is 2.08. The summed E-state index contributed by atoms with van der Waals surface area (Å²) in [6.45, 7) is 1.29. The van der Waals surface area contributed by atoms with Crippen LogP contribution in [0.5, 0.6) is 5.75 Å². The fraction of sp³-hybridized carbons (Fsp3) is 0.500. The fourth-order valence-electron chi connectivity index (χ4n) is 2.08. The Hall–Kier alpha value is -1.55. The van der Waals surface area contributed by atoms with E-state index >= 15 is 0 Å². The molecule has 0 bridgehead atoms. The second kappa shape index (κ2) is 6.40. The van der Waals surface area contributed by atoms with Gasteiger partial charge in [-0.3, -0.25) is 4.79 Å². The van der Waals surface area contributed by atoms with Gasteiger partial charge in [0.1, 0.15) is 12.4 Å². The van der Waals surface area contributed by atoms with Crippen molar-refractivity contribution in [1.29, 1.82) is 0 Å². The molecule has 1 fully saturated rings. The van der Waals surface area contributed by atoms with E-state index in [1.807, 2.05) is 12.1 Å². The van der Waals surface area contributed by atoms with E-state index in [4.69, 9.17) is 14.6 Å². The van der Waals surface area contributed by atoms with Crippen molar-refractivity contribution in [3.05, 3.63) is 29.8 Å². The molecular formula is C14H18O4. The van der Waals surface area contributed by atoms with Crippen LogP contribution in [0.2, 0.25) is 0 Å². The van der Waals surface area contributed by atoms with Crippen LogP contribution in [0.25, 0.3) is 0 Å². The number of rotatable bonds is 5. The highest BCUT2D eigenvalue weighted by Gasteiger charge is 2.15. The molecular weight excluding hydrogens is 232 g/mol. The Morgan fingerprint density at radius 1 is 1.39 bits per heavy atom. The van der Waals surface area contributed by atoms with Gasteiger partial charge in [-0.25, -0.2) is 0 Å². The molecule has 0 spiro atoms. The summed E-state index contributed by atoms with van der Waals surface area (Å²) in [4.78, 5) is 10.7. The molecule has 2 rings (SSSR count). The van der Waals surface area contributed by atoms with Gasteiger partial charge in [0.2, 0.25) is 0 Å². The van der Waals surface area contributed by atoms with Gasteiger partial charge in [-0.05, 0) is 25.3 Å². The van der Waals surface area contributed by atoms with E-state index < -0.39 is 5.97 Å². The number of benzene rings is 1. The Morgan fingerprint density at radius 3 is 2.94 bits per heavy atom. The van der Waals surface area contributed by atoms with E-state index in [0.717, 1.165) is 19.4 Å². The van der Waals surface area contributed by atoms with E-state index in [2.05, 4.69) is 0 Å². The number of ether oxygens (including phenoxy) is 2. The molecule has 18 heavy (non-hydrogen) atoms. The third-order valence-electron chi connectivity index (χ3n) is 3.01. The minimum absolute atomic E-state index is 0.0122. The van der Waals surface area contributed by atoms with Crippen LogP contribution in [0.3, 0.4) is 0 Å². The van der Waals surface area contributed by atoms with Crippen molar-refractivity contribution in [2.75, 3.05) is 13.2 Å². The molecule has 0 aliphatic carbocycles. The molecule has 1 aromatic rings. The largest absolute Gasteiger partial charge is 0.491 e. The van der Waals surface area contributed by atoms with Crippen LogP contribution in [0.4, 0.5) is 0 Å². The van der Waals surface area contributed by atoms with Crippen molar-refractivity contribution in [3.8, 4) is 5.75 Å². The highest BCUT2D eigenvalue weighted by atomic mass is 16.5. The standard InChI is InChI=1S/C14H18O4/c15-14(16)9-11-5-1-2-7-13(11)18-10-12-6-3-4-8-17-12/h1-2,5,7,12H,3-4,6,8-10H2,(H,15,16). The zero-order valence-electron chi connectivity index (χ0n) is 10.3. The van der Waals surface area contributed by atoms with Gasteiger partial charge in [0.15, 0.2) is 0 Å². The molecule has 1 saturated heterocycles. The molecule has 1 unspecified atom stereocenters. The SMILES string of the molecule is O=C(O)Cc1ccccc1OCC1CCCCO1. The predicted molar refractivity (Wildman–Crippen MR) is 66.9 cm³/mol. The Kier molecular flexibility index (Phi) is 4.59. The van der Waals surface area contributed by atoms with Gasteiger partial charge < -0.3 is 14.6 Å². The van der Waals surface area contributed by atoms with Crippen molar-refractivity contribution in [2.45, 2.75) is 31.8 Å². The third-order valence-corrected chi connectivity index (χ3v) is 3.01. The maximum Gasteiger partial charge on any atom is 0.307 e. The zero-order valence-corrected chi connectivity index (χ0v) is 10.3. The average Bonchev–Trinajstić information content (AvgIpc) is 2.38. The van der Waals surface area contributed by atoms with Crippen molar-refractivity contribution in [1.82, 2.24) is 0 Å². The lowest BCUT2D eigenvalue weighted by Crippen LogP contribution is -2.26. The molecule has 1 atom stereocenters. The van der Waals surface area contributed by atoms with Crippen molar-refractivity contribution in [3.63, 3.8) is 0 Å². The number of carbonyl (C=O) groups is 1. The van der Waals surface area contributed by atoms with Crippen LogP contribution in [-0.2, 0) is 16.0 Å². The molecule has 1 aliphatic rings. The summed E-state index contributed by atoms with van der Waals surface area (Å²) in [6.07, 6.45) is 3.43. The van der Waals surface area contributed by atoms with Crippen LogP contribution in [0.15, 0.2) is 24.3 Å². The molecule has 0 aromatic heterocycles. The highest BCUT2D eigenvalue weighted by molar-refractivity contribution is 5.71. The van der Waals surface area contributed by atoms with Gasteiger partial charge >= 0.3 is 5.97 Å². The summed E-state index contributed by atoms with van der Waals surface area (Å²) < 4.78 is 11.3. The van der Waals surface area contributed by atoms with E-state index in [-0.39, 0.29) is 12.5 Å². The molecule has 0 radical (unpaired) electrons. The number of aliphatic carboxylic acids is 1. The molecule has 0 saturated carbocycles. The smallest absolute Gasteiger partial charge is 0.307 e. The number of carboxylic acid groups (broad SMARTS) is 1. The number of hydrogen-bond donors (Lipinski definition) is 1. The minimum atomic E-state index is -0.847. The molecule has 4 nitrogen and oxygen atoms in total. The van der Waals surface area contributed by atoms with Gasteiger partial charge in [-0.2, -0.15) is 0 Å². The van der Waals surface area contributed by atoms with Gasteiger partial charge in [-0.15, -0.1) is 0 Å². The molecule has 1 heterocycles. The van der Waals surface area contributed by atoms with Crippen LogP contribution in [0.1, 0.15) is 24.8 Å². The first-order valence-electron chi connectivity index (χ1n) is 6.30.